The lowest BCUT2D eigenvalue weighted by atomic mass is 10.1. The van der Waals surface area contributed by atoms with Crippen LogP contribution in [0.2, 0.25) is 0 Å². The summed E-state index contributed by atoms with van der Waals surface area (Å²) in [5, 5.41) is 27.5. The van der Waals surface area contributed by atoms with Crippen molar-refractivity contribution in [3.8, 4) is 0 Å². The van der Waals surface area contributed by atoms with E-state index in [2.05, 4.69) is 0 Å². The first-order valence-electron chi connectivity index (χ1n) is 6.42. The van der Waals surface area contributed by atoms with Gasteiger partial charge in [0, 0.05) is 5.56 Å². The van der Waals surface area contributed by atoms with Gasteiger partial charge in [0.25, 0.3) is 0 Å². The van der Waals surface area contributed by atoms with Crippen molar-refractivity contribution in [2.45, 2.75) is 12.9 Å². The Morgan fingerprint density at radius 2 is 1.32 bits per heavy atom. The van der Waals surface area contributed by atoms with Gasteiger partial charge in [-0.3, -0.25) is 0 Å². The third-order valence-electron chi connectivity index (χ3n) is 3.05. The van der Waals surface area contributed by atoms with Crippen LogP contribution in [0.4, 0.5) is 0 Å². The molecule has 6 heteroatoms. The molecular weight excluding hydrogens is 288 g/mol. The van der Waals surface area contributed by atoms with E-state index in [1.807, 2.05) is 0 Å². The minimum atomic E-state index is -1.19. The van der Waals surface area contributed by atoms with Crippen LogP contribution in [0.25, 0.3) is 0 Å². The van der Waals surface area contributed by atoms with Gasteiger partial charge in [-0.25, -0.2) is 9.59 Å². The van der Waals surface area contributed by atoms with E-state index in [9.17, 15) is 14.7 Å². The summed E-state index contributed by atoms with van der Waals surface area (Å²) < 4.78 is 5.28. The molecule has 0 saturated carbocycles. The van der Waals surface area contributed by atoms with Crippen LogP contribution in [-0.4, -0.2) is 27.3 Å². The molecule has 0 aliphatic heterocycles. The van der Waals surface area contributed by atoms with Crippen LogP contribution in [0, 0.1) is 0 Å². The number of hydrogen-bond acceptors (Lipinski definition) is 4. The molecule has 1 atom stereocenters. The van der Waals surface area contributed by atoms with E-state index in [-0.39, 0.29) is 17.7 Å². The molecule has 2 rings (SSSR count). The summed E-state index contributed by atoms with van der Waals surface area (Å²) in [5.41, 5.74) is 1.45. The number of aromatic carboxylic acids is 2. The fourth-order valence-electron chi connectivity index (χ4n) is 1.81. The summed E-state index contributed by atoms with van der Waals surface area (Å²) in [6.45, 7) is 0.0990. The Balaban J connectivity index is 1.95. The largest absolute Gasteiger partial charge is 0.478 e. The van der Waals surface area contributed by atoms with E-state index in [1.54, 1.807) is 12.1 Å². The third-order valence-corrected chi connectivity index (χ3v) is 3.05. The van der Waals surface area contributed by atoms with Gasteiger partial charge in [-0.05, 0) is 29.8 Å². The highest BCUT2D eigenvalue weighted by Gasteiger charge is 2.10. The van der Waals surface area contributed by atoms with Crippen LogP contribution in [0.5, 0.6) is 0 Å². The van der Waals surface area contributed by atoms with Gasteiger partial charge in [-0.15, -0.1) is 0 Å². The number of carboxylic acid groups (broad SMARTS) is 2. The molecule has 22 heavy (non-hydrogen) atoms. The van der Waals surface area contributed by atoms with Gasteiger partial charge < -0.3 is 20.1 Å². The number of hydrogen-bond donors (Lipinski definition) is 3. The molecule has 0 aromatic heterocycles. The van der Waals surface area contributed by atoms with Gasteiger partial charge >= 0.3 is 11.9 Å². The number of aliphatic hydroxyl groups excluding tert-OH is 1. The van der Waals surface area contributed by atoms with Crippen LogP contribution < -0.4 is 0 Å². The number of rotatable bonds is 6. The second-order valence-electron chi connectivity index (χ2n) is 4.59. The van der Waals surface area contributed by atoms with Crippen molar-refractivity contribution in [1.29, 1.82) is 0 Å². The van der Waals surface area contributed by atoms with Crippen LogP contribution in [0.15, 0.2) is 48.5 Å². The Kier molecular flexibility index (Phi) is 4.88. The minimum Gasteiger partial charge on any atom is -0.478 e. The maximum absolute atomic E-state index is 10.7. The molecule has 0 fully saturated rings. The topological polar surface area (TPSA) is 104 Å². The highest BCUT2D eigenvalue weighted by molar-refractivity contribution is 5.87. The Bertz CT molecular complexity index is 660. The van der Waals surface area contributed by atoms with Gasteiger partial charge in [0.1, 0.15) is 0 Å². The van der Waals surface area contributed by atoms with Crippen LogP contribution >= 0.6 is 0 Å². The summed E-state index contributed by atoms with van der Waals surface area (Å²) in [6.07, 6.45) is -1.19. The van der Waals surface area contributed by atoms with E-state index in [0.29, 0.717) is 11.1 Å². The van der Waals surface area contributed by atoms with E-state index < -0.39 is 18.2 Å². The summed E-state index contributed by atoms with van der Waals surface area (Å²) in [6, 6.07) is 11.8. The standard InChI is InChI=1S/C16H14O6/c17-14(18)11-3-1-10(2-4-11)9-22-16(21)13-7-5-12(6-8-13)15(19)20/h1-8,16,21H,9H2,(H,17,18)(H,19,20). The Hall–Kier alpha value is -2.70. The number of carboxylic acids is 2. The summed E-state index contributed by atoms with van der Waals surface area (Å²) >= 11 is 0. The molecule has 0 radical (unpaired) electrons. The monoisotopic (exact) mass is 302 g/mol. The lowest BCUT2D eigenvalue weighted by Gasteiger charge is -2.12. The SMILES string of the molecule is O=C(O)c1ccc(COC(O)c2ccc(C(=O)O)cc2)cc1. The highest BCUT2D eigenvalue weighted by atomic mass is 16.6. The van der Waals surface area contributed by atoms with E-state index in [0.717, 1.165) is 0 Å². The van der Waals surface area contributed by atoms with Gasteiger partial charge in [0.2, 0.25) is 0 Å². The smallest absolute Gasteiger partial charge is 0.335 e. The number of carbonyl (C=O) groups is 2. The van der Waals surface area contributed by atoms with E-state index in [1.165, 1.54) is 36.4 Å². The molecule has 0 bridgehead atoms. The van der Waals surface area contributed by atoms with Crippen molar-refractivity contribution in [1.82, 2.24) is 0 Å². The average molecular weight is 302 g/mol. The van der Waals surface area contributed by atoms with Crippen LogP contribution in [0.3, 0.4) is 0 Å². The molecule has 0 saturated heterocycles. The van der Waals surface area contributed by atoms with Crippen molar-refractivity contribution >= 4 is 11.9 Å². The lowest BCUT2D eigenvalue weighted by Crippen LogP contribution is -2.05. The first-order chi connectivity index (χ1) is 10.5. The molecule has 1 unspecified atom stereocenters. The van der Waals surface area contributed by atoms with E-state index >= 15 is 0 Å². The molecule has 0 aliphatic rings. The van der Waals surface area contributed by atoms with E-state index in [4.69, 9.17) is 14.9 Å². The fraction of sp³-hybridized carbons (Fsp3) is 0.125. The summed E-state index contributed by atoms with van der Waals surface area (Å²) in [5.74, 6) is -2.05. The second-order valence-corrected chi connectivity index (χ2v) is 4.59. The van der Waals surface area contributed by atoms with Crippen molar-refractivity contribution in [3.05, 3.63) is 70.8 Å². The molecule has 0 amide bonds. The van der Waals surface area contributed by atoms with Crippen molar-refractivity contribution < 1.29 is 29.6 Å². The van der Waals surface area contributed by atoms with Crippen molar-refractivity contribution in [2.75, 3.05) is 0 Å². The van der Waals surface area contributed by atoms with Crippen LogP contribution in [-0.2, 0) is 11.3 Å². The highest BCUT2D eigenvalue weighted by Crippen LogP contribution is 2.17. The molecule has 0 heterocycles. The number of benzene rings is 2. The zero-order chi connectivity index (χ0) is 16.1. The Morgan fingerprint density at radius 1 is 0.864 bits per heavy atom. The predicted octanol–water partition coefficient (Wildman–Crippen LogP) is 2.29. The predicted molar refractivity (Wildman–Crippen MR) is 76.6 cm³/mol. The maximum Gasteiger partial charge on any atom is 0.335 e. The number of ether oxygens (including phenoxy) is 1. The first-order valence-corrected chi connectivity index (χ1v) is 6.42. The molecule has 114 valence electrons. The Labute approximate surface area is 126 Å². The molecule has 2 aromatic rings. The molecule has 3 N–H and O–H groups in total. The Morgan fingerprint density at radius 3 is 1.77 bits per heavy atom. The maximum atomic E-state index is 10.7. The normalized spacial score (nSPS) is 11.9. The van der Waals surface area contributed by atoms with Gasteiger partial charge in [0.15, 0.2) is 6.29 Å². The zero-order valence-electron chi connectivity index (χ0n) is 11.5. The summed E-state index contributed by atoms with van der Waals surface area (Å²) in [4.78, 5) is 21.5. The fourth-order valence-corrected chi connectivity index (χ4v) is 1.81. The quantitative estimate of drug-likeness (QED) is 0.707. The zero-order valence-corrected chi connectivity index (χ0v) is 11.5. The average Bonchev–Trinajstić information content (AvgIpc) is 2.53. The molecular formula is C16H14O6. The lowest BCUT2D eigenvalue weighted by molar-refractivity contribution is -0.111. The molecule has 0 spiro atoms. The van der Waals surface area contributed by atoms with Gasteiger partial charge in [-0.1, -0.05) is 24.3 Å². The summed E-state index contributed by atoms with van der Waals surface area (Å²) in [7, 11) is 0. The first kappa shape index (κ1) is 15.7. The molecule has 0 aliphatic carbocycles. The number of aliphatic hydroxyl groups is 1. The van der Waals surface area contributed by atoms with Crippen molar-refractivity contribution in [3.63, 3.8) is 0 Å². The second kappa shape index (κ2) is 6.84. The minimum absolute atomic E-state index is 0.0990. The van der Waals surface area contributed by atoms with Crippen LogP contribution in [0.1, 0.15) is 38.1 Å². The van der Waals surface area contributed by atoms with Gasteiger partial charge in [-0.2, -0.15) is 0 Å². The van der Waals surface area contributed by atoms with Gasteiger partial charge in [0.05, 0.1) is 17.7 Å². The van der Waals surface area contributed by atoms with Crippen molar-refractivity contribution in [2.24, 2.45) is 0 Å². The molecule has 6 nitrogen and oxygen atoms in total. The third kappa shape index (κ3) is 3.91. The molecule has 2 aromatic carbocycles.